The molecular weight excluding hydrogens is 362 g/mol. The first-order valence-corrected chi connectivity index (χ1v) is 9.62. The third kappa shape index (κ3) is 3.23. The summed E-state index contributed by atoms with van der Waals surface area (Å²) in [7, 11) is 1.63. The maximum Gasteiger partial charge on any atom is 0.263 e. The van der Waals surface area contributed by atoms with Crippen molar-refractivity contribution in [2.45, 2.75) is 39.7 Å². The second-order valence-corrected chi connectivity index (χ2v) is 7.75. The van der Waals surface area contributed by atoms with E-state index in [0.29, 0.717) is 16.0 Å². The molecule has 27 heavy (non-hydrogen) atoms. The van der Waals surface area contributed by atoms with E-state index in [9.17, 15) is 9.59 Å². The van der Waals surface area contributed by atoms with E-state index in [1.165, 1.54) is 15.9 Å². The van der Waals surface area contributed by atoms with Crippen molar-refractivity contribution in [1.82, 2.24) is 9.55 Å². The molecular formula is C20H23N3O3S. The molecule has 0 radical (unpaired) electrons. The summed E-state index contributed by atoms with van der Waals surface area (Å²) in [6.07, 6.45) is 0. The third-order valence-electron chi connectivity index (χ3n) is 4.69. The lowest BCUT2D eigenvalue weighted by Crippen LogP contribution is -2.35. The van der Waals surface area contributed by atoms with Crippen molar-refractivity contribution in [2.24, 2.45) is 5.73 Å². The summed E-state index contributed by atoms with van der Waals surface area (Å²) < 4.78 is 6.75. The van der Waals surface area contributed by atoms with Crippen molar-refractivity contribution < 1.29 is 9.53 Å². The minimum atomic E-state index is -0.767. The number of hydrogen-bond donors (Lipinski definition) is 1. The van der Waals surface area contributed by atoms with E-state index in [4.69, 9.17) is 15.5 Å². The number of benzene rings is 1. The molecule has 7 heteroatoms. The number of thiophene rings is 1. The Labute approximate surface area is 161 Å². The fourth-order valence-corrected chi connectivity index (χ4v) is 4.13. The van der Waals surface area contributed by atoms with Crippen molar-refractivity contribution in [3.63, 3.8) is 0 Å². The monoisotopic (exact) mass is 385 g/mol. The number of nitrogens with zero attached hydrogens (tertiary/aromatic N) is 2. The van der Waals surface area contributed by atoms with E-state index in [1.807, 2.05) is 44.4 Å². The molecule has 0 saturated heterocycles. The zero-order valence-electron chi connectivity index (χ0n) is 16.1. The van der Waals surface area contributed by atoms with Crippen LogP contribution in [0.2, 0.25) is 0 Å². The van der Waals surface area contributed by atoms with Gasteiger partial charge in [-0.05, 0) is 37.1 Å². The van der Waals surface area contributed by atoms with Gasteiger partial charge in [-0.25, -0.2) is 4.98 Å². The second-order valence-electron chi connectivity index (χ2n) is 6.89. The zero-order valence-corrected chi connectivity index (χ0v) is 16.9. The Balaban J connectivity index is 2.32. The van der Waals surface area contributed by atoms with Crippen LogP contribution < -0.4 is 16.0 Å². The Morgan fingerprint density at radius 3 is 2.56 bits per heavy atom. The van der Waals surface area contributed by atoms with Crippen molar-refractivity contribution in [3.05, 3.63) is 45.3 Å². The van der Waals surface area contributed by atoms with Crippen molar-refractivity contribution in [1.29, 1.82) is 0 Å². The first kappa shape index (κ1) is 19.1. The van der Waals surface area contributed by atoms with Crippen LogP contribution in [-0.2, 0) is 4.79 Å². The van der Waals surface area contributed by atoms with Crippen molar-refractivity contribution in [2.75, 3.05) is 7.11 Å². The van der Waals surface area contributed by atoms with E-state index in [2.05, 4.69) is 0 Å². The predicted octanol–water partition coefficient (Wildman–Crippen LogP) is 3.61. The molecule has 1 unspecified atom stereocenters. The van der Waals surface area contributed by atoms with E-state index in [1.54, 1.807) is 14.0 Å². The molecule has 142 valence electrons. The molecule has 0 aliphatic rings. The number of carbonyl (C=O) groups is 1. The molecule has 2 heterocycles. The van der Waals surface area contributed by atoms with Crippen LogP contribution in [0, 0.1) is 6.92 Å². The second kappa shape index (κ2) is 7.15. The molecule has 2 N–H and O–H groups in total. The molecule has 0 spiro atoms. The summed E-state index contributed by atoms with van der Waals surface area (Å²) in [6, 6.07) is 5.02. The maximum atomic E-state index is 13.4. The Hall–Kier alpha value is -2.67. The van der Waals surface area contributed by atoms with Gasteiger partial charge < -0.3 is 10.5 Å². The van der Waals surface area contributed by atoms with Gasteiger partial charge in [0.2, 0.25) is 5.91 Å². The summed E-state index contributed by atoms with van der Waals surface area (Å²) in [5.41, 5.74) is 7.95. The SMILES string of the molecule is COc1ccc(-c2csc3nc(C(C)C)n(C(C)C(N)=O)c(=O)c23)cc1C. The standard InChI is InChI=1S/C20H23N3O3S/c1-10(2)18-22-19-16(20(25)23(18)12(4)17(21)24)14(9-27-19)13-6-7-15(26-5)11(3)8-13/h6-10,12H,1-5H3,(H2,21,24). The molecule has 0 bridgehead atoms. The molecule has 6 nitrogen and oxygen atoms in total. The van der Waals surface area contributed by atoms with Gasteiger partial charge >= 0.3 is 0 Å². The molecule has 1 aromatic carbocycles. The van der Waals surface area contributed by atoms with Crippen LogP contribution in [0.3, 0.4) is 0 Å². The zero-order chi connectivity index (χ0) is 19.9. The lowest BCUT2D eigenvalue weighted by Gasteiger charge is -2.19. The average Bonchev–Trinajstić information content (AvgIpc) is 3.05. The van der Waals surface area contributed by atoms with Crippen LogP contribution in [0.25, 0.3) is 21.3 Å². The van der Waals surface area contributed by atoms with E-state index >= 15 is 0 Å². The minimum Gasteiger partial charge on any atom is -0.496 e. The first-order valence-electron chi connectivity index (χ1n) is 8.74. The van der Waals surface area contributed by atoms with Crippen LogP contribution in [0.1, 0.15) is 44.1 Å². The van der Waals surface area contributed by atoms with Gasteiger partial charge in [0.05, 0.1) is 12.5 Å². The molecule has 0 aliphatic heterocycles. The highest BCUT2D eigenvalue weighted by Crippen LogP contribution is 2.34. The molecule has 3 rings (SSSR count). The number of amides is 1. The lowest BCUT2D eigenvalue weighted by atomic mass is 10.0. The van der Waals surface area contributed by atoms with Crippen LogP contribution in [0.4, 0.5) is 0 Å². The number of ether oxygens (including phenoxy) is 1. The van der Waals surface area contributed by atoms with Gasteiger partial charge in [-0.15, -0.1) is 11.3 Å². The molecule has 0 saturated carbocycles. The number of nitrogens with two attached hydrogens (primary N) is 1. The van der Waals surface area contributed by atoms with E-state index in [-0.39, 0.29) is 11.5 Å². The van der Waals surface area contributed by atoms with Crippen LogP contribution in [0.15, 0.2) is 28.4 Å². The quantitative estimate of drug-likeness (QED) is 0.727. The van der Waals surface area contributed by atoms with Gasteiger partial charge in [0.25, 0.3) is 5.56 Å². The van der Waals surface area contributed by atoms with Crippen LogP contribution >= 0.6 is 11.3 Å². The van der Waals surface area contributed by atoms with Gasteiger partial charge in [-0.1, -0.05) is 19.9 Å². The largest absolute Gasteiger partial charge is 0.496 e. The van der Waals surface area contributed by atoms with E-state index < -0.39 is 11.9 Å². The van der Waals surface area contributed by atoms with Gasteiger partial charge in [-0.3, -0.25) is 14.2 Å². The number of methoxy groups -OCH3 is 1. The Bertz CT molecular complexity index is 1080. The van der Waals surface area contributed by atoms with E-state index in [0.717, 1.165) is 22.4 Å². The number of primary amides is 1. The number of fused-ring (bicyclic) bond motifs is 1. The third-order valence-corrected chi connectivity index (χ3v) is 5.56. The highest BCUT2D eigenvalue weighted by atomic mass is 32.1. The highest BCUT2D eigenvalue weighted by Gasteiger charge is 2.24. The average molecular weight is 385 g/mol. The van der Waals surface area contributed by atoms with Crippen LogP contribution in [-0.4, -0.2) is 22.6 Å². The fraction of sp³-hybridized carbons (Fsp3) is 0.350. The number of rotatable bonds is 5. The highest BCUT2D eigenvalue weighted by molar-refractivity contribution is 7.17. The van der Waals surface area contributed by atoms with Crippen molar-refractivity contribution in [3.8, 4) is 16.9 Å². The van der Waals surface area contributed by atoms with Gasteiger partial charge in [0.15, 0.2) is 0 Å². The molecule has 0 aliphatic carbocycles. The topological polar surface area (TPSA) is 87.2 Å². The van der Waals surface area contributed by atoms with Gasteiger partial charge in [-0.2, -0.15) is 0 Å². The Morgan fingerprint density at radius 1 is 1.30 bits per heavy atom. The molecule has 2 aromatic heterocycles. The number of carbonyl (C=O) groups excluding carboxylic acids is 1. The van der Waals surface area contributed by atoms with Gasteiger partial charge in [0.1, 0.15) is 22.4 Å². The number of aryl methyl sites for hydroxylation is 1. The summed E-state index contributed by atoms with van der Waals surface area (Å²) in [5, 5.41) is 2.45. The minimum absolute atomic E-state index is 0.0160. The molecule has 1 amide bonds. The Morgan fingerprint density at radius 2 is 2.00 bits per heavy atom. The molecule has 0 fully saturated rings. The van der Waals surface area contributed by atoms with Crippen molar-refractivity contribution >= 4 is 27.5 Å². The smallest absolute Gasteiger partial charge is 0.263 e. The fourth-order valence-electron chi connectivity index (χ4n) is 3.19. The predicted molar refractivity (Wildman–Crippen MR) is 109 cm³/mol. The normalized spacial score (nSPS) is 12.5. The molecule has 1 atom stereocenters. The first-order chi connectivity index (χ1) is 12.8. The Kier molecular flexibility index (Phi) is 5.06. The number of aromatic nitrogens is 2. The molecule has 3 aromatic rings. The maximum absolute atomic E-state index is 13.4. The summed E-state index contributed by atoms with van der Waals surface area (Å²) >= 11 is 1.43. The van der Waals surface area contributed by atoms with Crippen LogP contribution in [0.5, 0.6) is 5.75 Å². The summed E-state index contributed by atoms with van der Waals surface area (Å²) in [5.74, 6) is 0.784. The number of hydrogen-bond acceptors (Lipinski definition) is 5. The van der Waals surface area contributed by atoms with Gasteiger partial charge in [0, 0.05) is 16.9 Å². The summed E-state index contributed by atoms with van der Waals surface area (Å²) in [4.78, 5) is 30.5. The lowest BCUT2D eigenvalue weighted by molar-refractivity contribution is -0.120. The summed E-state index contributed by atoms with van der Waals surface area (Å²) in [6.45, 7) is 7.48.